The predicted octanol–water partition coefficient (Wildman–Crippen LogP) is 3.09. The molecule has 5 heteroatoms. The third-order valence-corrected chi connectivity index (χ3v) is 4.98. The molecule has 1 aromatic rings. The molecular formula is C15H23NO3S. The molecule has 112 valence electrons. The van der Waals surface area contributed by atoms with Gasteiger partial charge in [-0.2, -0.15) is 0 Å². The van der Waals surface area contributed by atoms with Crippen LogP contribution < -0.4 is 10.1 Å². The first-order valence-electron chi connectivity index (χ1n) is 7.12. The molecule has 1 saturated carbocycles. The van der Waals surface area contributed by atoms with Crippen LogP contribution in [0.15, 0.2) is 23.1 Å². The van der Waals surface area contributed by atoms with E-state index in [-0.39, 0.29) is 0 Å². The third-order valence-electron chi connectivity index (χ3n) is 3.89. The number of sulfone groups is 1. The number of benzene rings is 1. The van der Waals surface area contributed by atoms with Crippen molar-refractivity contribution in [1.82, 2.24) is 0 Å². The SMILES string of the molecule is COc1cc(NCCCC2CCC2)cc(S(C)(=O)=O)c1. The van der Waals surface area contributed by atoms with E-state index in [1.807, 2.05) is 6.07 Å². The molecule has 0 amide bonds. The number of hydrogen-bond donors (Lipinski definition) is 1. The van der Waals surface area contributed by atoms with Gasteiger partial charge in [0.15, 0.2) is 9.84 Å². The summed E-state index contributed by atoms with van der Waals surface area (Å²) in [6, 6.07) is 5.05. The highest BCUT2D eigenvalue weighted by atomic mass is 32.2. The maximum Gasteiger partial charge on any atom is 0.175 e. The van der Waals surface area contributed by atoms with E-state index in [1.54, 1.807) is 19.2 Å². The Morgan fingerprint density at radius 1 is 1.30 bits per heavy atom. The van der Waals surface area contributed by atoms with E-state index in [0.29, 0.717) is 10.6 Å². The monoisotopic (exact) mass is 297 g/mol. The molecule has 0 unspecified atom stereocenters. The van der Waals surface area contributed by atoms with Crippen LogP contribution in [0.4, 0.5) is 5.69 Å². The second-order valence-corrected chi connectivity index (χ2v) is 7.55. The van der Waals surface area contributed by atoms with Gasteiger partial charge in [0.05, 0.1) is 12.0 Å². The van der Waals surface area contributed by atoms with Crippen LogP contribution in [-0.2, 0) is 9.84 Å². The van der Waals surface area contributed by atoms with Crippen molar-refractivity contribution in [3.63, 3.8) is 0 Å². The lowest BCUT2D eigenvalue weighted by Gasteiger charge is -2.25. The fourth-order valence-corrected chi connectivity index (χ4v) is 3.08. The zero-order valence-electron chi connectivity index (χ0n) is 12.2. The Bertz CT molecular complexity index is 550. The van der Waals surface area contributed by atoms with Crippen molar-refractivity contribution in [2.45, 2.75) is 37.0 Å². The van der Waals surface area contributed by atoms with Gasteiger partial charge in [0.1, 0.15) is 5.75 Å². The molecule has 1 N–H and O–H groups in total. The highest BCUT2D eigenvalue weighted by molar-refractivity contribution is 7.90. The van der Waals surface area contributed by atoms with E-state index in [0.717, 1.165) is 24.6 Å². The summed E-state index contributed by atoms with van der Waals surface area (Å²) in [5, 5.41) is 3.29. The van der Waals surface area contributed by atoms with Crippen LogP contribution in [-0.4, -0.2) is 28.3 Å². The van der Waals surface area contributed by atoms with Crippen molar-refractivity contribution in [1.29, 1.82) is 0 Å². The zero-order chi connectivity index (χ0) is 14.6. The van der Waals surface area contributed by atoms with Crippen molar-refractivity contribution in [2.24, 2.45) is 5.92 Å². The first-order chi connectivity index (χ1) is 9.49. The first-order valence-corrected chi connectivity index (χ1v) is 9.01. The van der Waals surface area contributed by atoms with Crippen molar-refractivity contribution in [3.05, 3.63) is 18.2 Å². The molecule has 0 atom stereocenters. The molecule has 0 bridgehead atoms. The first kappa shape index (κ1) is 15.2. The molecular weight excluding hydrogens is 274 g/mol. The number of ether oxygens (including phenoxy) is 1. The minimum atomic E-state index is -3.22. The maximum absolute atomic E-state index is 11.6. The molecule has 0 radical (unpaired) electrons. The molecule has 1 aromatic carbocycles. The minimum Gasteiger partial charge on any atom is -0.497 e. The van der Waals surface area contributed by atoms with Gasteiger partial charge < -0.3 is 10.1 Å². The van der Waals surface area contributed by atoms with Crippen LogP contribution in [0.25, 0.3) is 0 Å². The van der Waals surface area contributed by atoms with E-state index < -0.39 is 9.84 Å². The van der Waals surface area contributed by atoms with Crippen LogP contribution in [0.2, 0.25) is 0 Å². The van der Waals surface area contributed by atoms with Gasteiger partial charge in [0, 0.05) is 24.6 Å². The average molecular weight is 297 g/mol. The predicted molar refractivity (Wildman–Crippen MR) is 81.2 cm³/mol. The fourth-order valence-electron chi connectivity index (χ4n) is 2.41. The standard InChI is InChI=1S/C15H23NO3S/c1-19-14-9-13(10-15(11-14)20(2,17)18)16-8-4-7-12-5-3-6-12/h9-12,16H,3-8H2,1-2H3. The Kier molecular flexibility index (Phi) is 4.91. The zero-order valence-corrected chi connectivity index (χ0v) is 13.0. The molecule has 1 fully saturated rings. The molecule has 2 rings (SSSR count). The lowest BCUT2D eigenvalue weighted by molar-refractivity contribution is 0.292. The average Bonchev–Trinajstić information content (AvgIpc) is 2.35. The number of anilines is 1. The van der Waals surface area contributed by atoms with Gasteiger partial charge in [-0.3, -0.25) is 0 Å². The van der Waals surface area contributed by atoms with Gasteiger partial charge in [-0.25, -0.2) is 8.42 Å². The molecule has 1 aliphatic rings. The molecule has 4 nitrogen and oxygen atoms in total. The highest BCUT2D eigenvalue weighted by Gasteiger charge is 2.16. The Balaban J connectivity index is 1.95. The summed E-state index contributed by atoms with van der Waals surface area (Å²) in [5.74, 6) is 1.48. The number of methoxy groups -OCH3 is 1. The number of rotatable bonds is 7. The minimum absolute atomic E-state index is 0.290. The molecule has 0 spiro atoms. The van der Waals surface area contributed by atoms with Gasteiger partial charge in [-0.15, -0.1) is 0 Å². The fraction of sp³-hybridized carbons (Fsp3) is 0.600. The Morgan fingerprint density at radius 2 is 2.05 bits per heavy atom. The lowest BCUT2D eigenvalue weighted by Crippen LogP contribution is -2.13. The molecule has 0 saturated heterocycles. The highest BCUT2D eigenvalue weighted by Crippen LogP contribution is 2.30. The third kappa shape index (κ3) is 4.13. The van der Waals surface area contributed by atoms with E-state index in [2.05, 4.69) is 5.32 Å². The topological polar surface area (TPSA) is 55.4 Å². The van der Waals surface area contributed by atoms with Crippen molar-refractivity contribution in [2.75, 3.05) is 25.2 Å². The molecule has 0 aromatic heterocycles. The summed E-state index contributed by atoms with van der Waals surface area (Å²) in [5.41, 5.74) is 0.804. The van der Waals surface area contributed by atoms with E-state index in [9.17, 15) is 8.42 Å². The van der Waals surface area contributed by atoms with Crippen molar-refractivity contribution >= 4 is 15.5 Å². The summed E-state index contributed by atoms with van der Waals surface area (Å²) in [4.78, 5) is 0.290. The van der Waals surface area contributed by atoms with Gasteiger partial charge in [-0.1, -0.05) is 19.3 Å². The molecule has 0 aliphatic heterocycles. The Hall–Kier alpha value is -1.23. The Morgan fingerprint density at radius 3 is 2.60 bits per heavy atom. The van der Waals surface area contributed by atoms with Crippen molar-refractivity contribution < 1.29 is 13.2 Å². The summed E-state index contributed by atoms with van der Waals surface area (Å²) < 4.78 is 28.4. The summed E-state index contributed by atoms with van der Waals surface area (Å²) in [7, 11) is -1.67. The molecule has 1 aliphatic carbocycles. The summed E-state index contributed by atoms with van der Waals surface area (Å²) in [6.45, 7) is 0.868. The van der Waals surface area contributed by atoms with Gasteiger partial charge >= 0.3 is 0 Å². The van der Waals surface area contributed by atoms with Crippen LogP contribution in [0.1, 0.15) is 32.1 Å². The summed E-state index contributed by atoms with van der Waals surface area (Å²) in [6.07, 6.45) is 7.72. The van der Waals surface area contributed by atoms with Crippen LogP contribution >= 0.6 is 0 Å². The quantitative estimate of drug-likeness (QED) is 0.786. The molecule has 0 heterocycles. The van der Waals surface area contributed by atoms with E-state index in [4.69, 9.17) is 4.74 Å². The maximum atomic E-state index is 11.6. The van der Waals surface area contributed by atoms with Gasteiger partial charge in [0.2, 0.25) is 0 Å². The largest absolute Gasteiger partial charge is 0.497 e. The van der Waals surface area contributed by atoms with Gasteiger partial charge in [0.25, 0.3) is 0 Å². The van der Waals surface area contributed by atoms with Crippen LogP contribution in [0.5, 0.6) is 5.75 Å². The van der Waals surface area contributed by atoms with Crippen LogP contribution in [0.3, 0.4) is 0 Å². The van der Waals surface area contributed by atoms with E-state index in [1.165, 1.54) is 31.9 Å². The second-order valence-electron chi connectivity index (χ2n) is 5.54. The number of nitrogens with one attached hydrogen (secondary N) is 1. The van der Waals surface area contributed by atoms with Crippen LogP contribution in [0, 0.1) is 5.92 Å². The summed E-state index contributed by atoms with van der Waals surface area (Å²) >= 11 is 0. The Labute approximate surface area is 121 Å². The van der Waals surface area contributed by atoms with E-state index >= 15 is 0 Å². The molecule has 20 heavy (non-hydrogen) atoms. The number of hydrogen-bond acceptors (Lipinski definition) is 4. The lowest BCUT2D eigenvalue weighted by atomic mass is 9.82. The van der Waals surface area contributed by atoms with Crippen molar-refractivity contribution in [3.8, 4) is 5.75 Å². The second kappa shape index (κ2) is 6.48. The van der Waals surface area contributed by atoms with Gasteiger partial charge in [-0.05, 0) is 30.9 Å². The normalized spacial score (nSPS) is 15.7. The smallest absolute Gasteiger partial charge is 0.175 e.